The molecule has 0 saturated carbocycles. The summed E-state index contributed by atoms with van der Waals surface area (Å²) < 4.78 is 0. The van der Waals surface area contributed by atoms with E-state index in [1.807, 2.05) is 0 Å². The second kappa shape index (κ2) is 16.8. The number of aliphatic hydroxyl groups is 1. The summed E-state index contributed by atoms with van der Waals surface area (Å²) in [4.78, 5) is 0. The van der Waals surface area contributed by atoms with E-state index in [4.69, 9.17) is 0 Å². The van der Waals surface area contributed by atoms with Gasteiger partial charge in [-0.25, -0.2) is 0 Å². The van der Waals surface area contributed by atoms with Crippen molar-refractivity contribution in [1.29, 1.82) is 0 Å². The van der Waals surface area contributed by atoms with Crippen molar-refractivity contribution in [1.82, 2.24) is 0 Å². The lowest BCUT2D eigenvalue weighted by atomic mass is 9.85. The molecule has 0 aromatic carbocycles. The van der Waals surface area contributed by atoms with Gasteiger partial charge in [-0.3, -0.25) is 0 Å². The zero-order chi connectivity index (χ0) is 17.3. The molecule has 1 N–H and O–H groups in total. The molecule has 0 amide bonds. The molecule has 0 rings (SSSR count). The lowest BCUT2D eigenvalue weighted by Crippen LogP contribution is -2.24. The molecule has 0 saturated heterocycles. The van der Waals surface area contributed by atoms with E-state index >= 15 is 0 Å². The molecule has 140 valence electrons. The third kappa shape index (κ3) is 14.0. The van der Waals surface area contributed by atoms with Crippen LogP contribution in [0.1, 0.15) is 124 Å². The molecule has 0 unspecified atom stereocenters. The van der Waals surface area contributed by atoms with Crippen LogP contribution in [-0.4, -0.2) is 11.2 Å². The summed E-state index contributed by atoms with van der Waals surface area (Å²) in [6.07, 6.45) is 20.2. The summed E-state index contributed by atoms with van der Waals surface area (Å²) in [5.74, 6) is 1.10. The van der Waals surface area contributed by atoms with E-state index < -0.39 is 0 Å². The number of hydrogen-bond donors (Lipinski definition) is 1. The molecule has 0 heterocycles. The lowest BCUT2D eigenvalue weighted by Gasteiger charge is -2.25. The van der Waals surface area contributed by atoms with Gasteiger partial charge in [0.05, 0.1) is 6.10 Å². The quantitative estimate of drug-likeness (QED) is 0.274. The van der Waals surface area contributed by atoms with Crippen molar-refractivity contribution in [2.75, 3.05) is 0 Å². The van der Waals surface area contributed by atoms with Gasteiger partial charge in [0.25, 0.3) is 0 Å². The van der Waals surface area contributed by atoms with Gasteiger partial charge >= 0.3 is 0 Å². The molecule has 23 heavy (non-hydrogen) atoms. The standard InChI is InChI=1S/C22H46O/c1-5-7-8-9-10-11-12-13-14-15-16-17-18-19-22(23)21(6-2)20(3)4/h20-23H,5-19H2,1-4H3/t21-,22-/m1/s1. The van der Waals surface area contributed by atoms with E-state index in [0.29, 0.717) is 11.8 Å². The second-order valence-corrected chi connectivity index (χ2v) is 7.91. The summed E-state index contributed by atoms with van der Waals surface area (Å²) in [6, 6.07) is 0. The molecule has 0 radical (unpaired) electrons. The highest BCUT2D eigenvalue weighted by atomic mass is 16.3. The molecule has 0 aromatic heterocycles. The number of hydrogen-bond acceptors (Lipinski definition) is 1. The average molecular weight is 327 g/mol. The maximum Gasteiger partial charge on any atom is 0.0570 e. The first-order chi connectivity index (χ1) is 11.1. The Bertz CT molecular complexity index is 224. The molecule has 0 aliphatic carbocycles. The molecule has 1 heteroatoms. The smallest absolute Gasteiger partial charge is 0.0570 e. The Kier molecular flexibility index (Phi) is 16.8. The van der Waals surface area contributed by atoms with Gasteiger partial charge in [-0.05, 0) is 18.3 Å². The van der Waals surface area contributed by atoms with Crippen LogP contribution in [0.2, 0.25) is 0 Å². The lowest BCUT2D eigenvalue weighted by molar-refractivity contribution is 0.0690. The highest BCUT2D eigenvalue weighted by molar-refractivity contribution is 4.70. The zero-order valence-corrected chi connectivity index (χ0v) is 16.8. The van der Waals surface area contributed by atoms with Crippen molar-refractivity contribution in [3.05, 3.63) is 0 Å². The van der Waals surface area contributed by atoms with Crippen LogP contribution in [0.5, 0.6) is 0 Å². The number of unbranched alkanes of at least 4 members (excludes halogenated alkanes) is 12. The molecule has 0 bridgehead atoms. The highest BCUT2D eigenvalue weighted by Crippen LogP contribution is 2.23. The van der Waals surface area contributed by atoms with E-state index in [-0.39, 0.29) is 6.10 Å². The van der Waals surface area contributed by atoms with Crippen molar-refractivity contribution in [2.45, 2.75) is 130 Å². The Morgan fingerprint density at radius 2 is 1.00 bits per heavy atom. The summed E-state index contributed by atoms with van der Waals surface area (Å²) in [5, 5.41) is 10.3. The highest BCUT2D eigenvalue weighted by Gasteiger charge is 2.19. The van der Waals surface area contributed by atoms with Crippen LogP contribution in [0.4, 0.5) is 0 Å². The fraction of sp³-hybridized carbons (Fsp3) is 1.00. The third-order valence-corrected chi connectivity index (χ3v) is 5.43. The maximum absolute atomic E-state index is 10.3. The molecule has 0 aliphatic heterocycles. The van der Waals surface area contributed by atoms with Crippen molar-refractivity contribution < 1.29 is 5.11 Å². The summed E-state index contributed by atoms with van der Waals surface area (Å²) in [5.41, 5.74) is 0. The SMILES string of the molecule is CCCCCCCCCCCCCCC[C@@H](O)[C@H](CC)C(C)C. The second-order valence-electron chi connectivity index (χ2n) is 7.91. The first-order valence-corrected chi connectivity index (χ1v) is 10.8. The van der Waals surface area contributed by atoms with Gasteiger partial charge < -0.3 is 5.11 Å². The van der Waals surface area contributed by atoms with Gasteiger partial charge in [-0.1, -0.05) is 118 Å². The predicted molar refractivity (Wildman–Crippen MR) is 105 cm³/mol. The van der Waals surface area contributed by atoms with Crippen molar-refractivity contribution in [3.63, 3.8) is 0 Å². The molecule has 1 nitrogen and oxygen atoms in total. The van der Waals surface area contributed by atoms with Gasteiger partial charge in [0.15, 0.2) is 0 Å². The van der Waals surface area contributed by atoms with E-state index in [1.54, 1.807) is 0 Å². The summed E-state index contributed by atoms with van der Waals surface area (Å²) >= 11 is 0. The number of aliphatic hydroxyl groups excluding tert-OH is 1. The molecule has 0 spiro atoms. The van der Waals surface area contributed by atoms with Gasteiger partial charge in [0.2, 0.25) is 0 Å². The van der Waals surface area contributed by atoms with Gasteiger partial charge in [-0.15, -0.1) is 0 Å². The maximum atomic E-state index is 10.3. The third-order valence-electron chi connectivity index (χ3n) is 5.43. The van der Waals surface area contributed by atoms with Gasteiger partial charge in [-0.2, -0.15) is 0 Å². The monoisotopic (exact) mass is 326 g/mol. The van der Waals surface area contributed by atoms with Crippen LogP contribution >= 0.6 is 0 Å². The van der Waals surface area contributed by atoms with Crippen molar-refractivity contribution >= 4 is 0 Å². The topological polar surface area (TPSA) is 20.2 Å². The Labute approximate surface area is 147 Å². The summed E-state index contributed by atoms with van der Waals surface area (Å²) in [7, 11) is 0. The van der Waals surface area contributed by atoms with E-state index in [0.717, 1.165) is 12.8 Å². The first-order valence-electron chi connectivity index (χ1n) is 10.8. The fourth-order valence-corrected chi connectivity index (χ4v) is 3.77. The average Bonchev–Trinajstić information content (AvgIpc) is 2.52. The van der Waals surface area contributed by atoms with Gasteiger partial charge in [0.1, 0.15) is 0 Å². The first kappa shape index (κ1) is 23.0. The molecule has 0 aromatic rings. The van der Waals surface area contributed by atoms with Crippen molar-refractivity contribution in [3.8, 4) is 0 Å². The van der Waals surface area contributed by atoms with Crippen LogP contribution in [-0.2, 0) is 0 Å². The number of rotatable bonds is 17. The van der Waals surface area contributed by atoms with Crippen LogP contribution in [0.15, 0.2) is 0 Å². The van der Waals surface area contributed by atoms with E-state index in [2.05, 4.69) is 27.7 Å². The molecule has 2 atom stereocenters. The normalized spacial score (nSPS) is 14.3. The van der Waals surface area contributed by atoms with Crippen LogP contribution in [0.25, 0.3) is 0 Å². The Morgan fingerprint density at radius 3 is 1.35 bits per heavy atom. The molecule has 0 fully saturated rings. The molecule has 0 aliphatic rings. The summed E-state index contributed by atoms with van der Waals surface area (Å²) in [6.45, 7) is 8.97. The van der Waals surface area contributed by atoms with Gasteiger partial charge in [0, 0.05) is 0 Å². The van der Waals surface area contributed by atoms with Crippen LogP contribution < -0.4 is 0 Å². The molecular formula is C22H46O. The molecular weight excluding hydrogens is 280 g/mol. The van der Waals surface area contributed by atoms with E-state index in [9.17, 15) is 5.11 Å². The minimum absolute atomic E-state index is 0.0762. The Balaban J connectivity index is 3.27. The minimum atomic E-state index is -0.0762. The Morgan fingerprint density at radius 1 is 0.609 bits per heavy atom. The zero-order valence-electron chi connectivity index (χ0n) is 16.8. The Hall–Kier alpha value is -0.0400. The predicted octanol–water partition coefficient (Wildman–Crippen LogP) is 7.51. The van der Waals surface area contributed by atoms with E-state index in [1.165, 1.54) is 83.5 Å². The largest absolute Gasteiger partial charge is 0.393 e. The minimum Gasteiger partial charge on any atom is -0.393 e. The fourth-order valence-electron chi connectivity index (χ4n) is 3.77. The van der Waals surface area contributed by atoms with Crippen LogP contribution in [0, 0.1) is 11.8 Å². The van der Waals surface area contributed by atoms with Crippen LogP contribution in [0.3, 0.4) is 0 Å². The van der Waals surface area contributed by atoms with Crippen molar-refractivity contribution in [2.24, 2.45) is 11.8 Å².